The minimum absolute atomic E-state index is 0.0153. The first-order valence-electron chi connectivity index (χ1n) is 11.0. The van der Waals surface area contributed by atoms with Gasteiger partial charge in [0.05, 0.1) is 5.60 Å². The van der Waals surface area contributed by atoms with Crippen LogP contribution in [-0.2, 0) is 6.61 Å². The summed E-state index contributed by atoms with van der Waals surface area (Å²) in [6.07, 6.45) is -0.167. The maximum Gasteiger partial charge on any atom is 0.150 e. The minimum Gasteiger partial charge on any atom is -0.491 e. The highest BCUT2D eigenvalue weighted by atomic mass is 16.5. The third-order valence-corrected chi connectivity index (χ3v) is 5.86. The van der Waals surface area contributed by atoms with Crippen LogP contribution in [0, 0.1) is 20.8 Å². The summed E-state index contributed by atoms with van der Waals surface area (Å²) in [7, 11) is 0. The Labute approximate surface area is 195 Å². The molecule has 3 rings (SSSR count). The number of carbonyl (C=O) groups is 1. The molecule has 3 aromatic rings. The smallest absolute Gasteiger partial charge is 0.150 e. The average Bonchev–Trinajstić information content (AvgIpc) is 2.77. The van der Waals surface area contributed by atoms with Gasteiger partial charge in [-0.2, -0.15) is 0 Å². The van der Waals surface area contributed by atoms with Crippen molar-refractivity contribution < 1.29 is 24.5 Å². The van der Waals surface area contributed by atoms with Crippen LogP contribution in [0.2, 0.25) is 0 Å². The number of rotatable bonds is 9. The molecule has 0 saturated heterocycles. The van der Waals surface area contributed by atoms with Crippen molar-refractivity contribution in [3.63, 3.8) is 0 Å². The molecule has 0 aliphatic carbocycles. The monoisotopic (exact) mass is 448 g/mol. The second-order valence-corrected chi connectivity index (χ2v) is 8.98. The summed E-state index contributed by atoms with van der Waals surface area (Å²) in [4.78, 5) is 10.8. The van der Waals surface area contributed by atoms with Crippen LogP contribution >= 0.6 is 0 Å². The lowest BCUT2D eigenvalue weighted by Gasteiger charge is -2.25. The zero-order valence-electron chi connectivity index (χ0n) is 19.9. The number of aliphatic hydroxyl groups is 2. The van der Waals surface area contributed by atoms with Crippen LogP contribution in [0.15, 0.2) is 54.6 Å². The van der Waals surface area contributed by atoms with Gasteiger partial charge in [0.15, 0.2) is 0 Å². The maximum absolute atomic E-state index is 10.8. The van der Waals surface area contributed by atoms with Gasteiger partial charge in [-0.05, 0) is 104 Å². The second-order valence-electron chi connectivity index (χ2n) is 8.98. The lowest BCUT2D eigenvalue weighted by Crippen LogP contribution is -2.40. The van der Waals surface area contributed by atoms with E-state index in [0.717, 1.165) is 39.7 Å². The molecule has 2 N–H and O–H groups in total. The van der Waals surface area contributed by atoms with Gasteiger partial charge in [0.1, 0.15) is 37.1 Å². The molecule has 0 aliphatic rings. The fourth-order valence-corrected chi connectivity index (χ4v) is 3.73. The predicted molar refractivity (Wildman–Crippen MR) is 130 cm³/mol. The van der Waals surface area contributed by atoms with E-state index >= 15 is 0 Å². The van der Waals surface area contributed by atoms with Gasteiger partial charge in [-0.25, -0.2) is 0 Å². The molecule has 0 fully saturated rings. The Morgan fingerprint density at radius 2 is 1.58 bits per heavy atom. The summed E-state index contributed by atoms with van der Waals surface area (Å²) in [5.41, 5.74) is 6.01. The number of aryl methyl sites for hydroxylation is 2. The van der Waals surface area contributed by atoms with Crippen molar-refractivity contribution in [2.45, 2.75) is 52.9 Å². The van der Waals surface area contributed by atoms with Crippen molar-refractivity contribution >= 4 is 6.29 Å². The molecule has 0 heterocycles. The van der Waals surface area contributed by atoms with Gasteiger partial charge in [0.2, 0.25) is 0 Å². The van der Waals surface area contributed by atoms with Crippen LogP contribution < -0.4 is 9.47 Å². The Bertz CT molecular complexity index is 1090. The third kappa shape index (κ3) is 6.01. The van der Waals surface area contributed by atoms with Crippen LogP contribution in [0.3, 0.4) is 0 Å². The highest BCUT2D eigenvalue weighted by Crippen LogP contribution is 2.34. The summed E-state index contributed by atoms with van der Waals surface area (Å²) in [6, 6.07) is 17.2. The van der Waals surface area contributed by atoms with E-state index < -0.39 is 11.7 Å². The van der Waals surface area contributed by atoms with Gasteiger partial charge in [0, 0.05) is 5.56 Å². The molecule has 5 heteroatoms. The maximum atomic E-state index is 10.8. The zero-order valence-corrected chi connectivity index (χ0v) is 19.9. The molecule has 0 aliphatic heterocycles. The number of benzene rings is 3. The Kier molecular flexibility index (Phi) is 7.57. The van der Waals surface area contributed by atoms with Gasteiger partial charge < -0.3 is 19.7 Å². The van der Waals surface area contributed by atoms with Crippen molar-refractivity contribution in [3.8, 4) is 22.6 Å². The first-order chi connectivity index (χ1) is 15.6. The Balaban J connectivity index is 1.80. The SMILES string of the molecule is Cc1cc(OC[C@@H](O)C(C)(C)O)cc(C)c1-c1cccc(COc2ccc(C=O)cc2)c1C. The van der Waals surface area contributed by atoms with Gasteiger partial charge in [-0.15, -0.1) is 0 Å². The molecule has 0 unspecified atom stereocenters. The van der Waals surface area contributed by atoms with Crippen molar-refractivity contribution in [1.82, 2.24) is 0 Å². The summed E-state index contributed by atoms with van der Waals surface area (Å²) >= 11 is 0. The first-order valence-corrected chi connectivity index (χ1v) is 11.0. The molecule has 0 bridgehead atoms. The lowest BCUT2D eigenvalue weighted by molar-refractivity contribution is -0.0661. The molecule has 0 amide bonds. The Morgan fingerprint density at radius 1 is 0.939 bits per heavy atom. The van der Waals surface area contributed by atoms with Crippen LogP contribution in [0.1, 0.15) is 46.5 Å². The molecule has 5 nitrogen and oxygen atoms in total. The molecule has 33 heavy (non-hydrogen) atoms. The summed E-state index contributed by atoms with van der Waals surface area (Å²) in [5, 5.41) is 20.0. The van der Waals surface area contributed by atoms with E-state index in [9.17, 15) is 15.0 Å². The number of aliphatic hydroxyl groups excluding tert-OH is 1. The quantitative estimate of drug-likeness (QED) is 0.441. The molecule has 1 atom stereocenters. The van der Waals surface area contributed by atoms with Crippen LogP contribution in [0.4, 0.5) is 0 Å². The van der Waals surface area contributed by atoms with Crippen molar-refractivity contribution in [2.75, 3.05) is 6.61 Å². The van der Waals surface area contributed by atoms with E-state index in [1.54, 1.807) is 38.1 Å². The molecular formula is C28H32O5. The molecule has 3 aromatic carbocycles. The summed E-state index contributed by atoms with van der Waals surface area (Å²) in [6.45, 7) is 9.72. The number of carbonyl (C=O) groups excluding carboxylic acids is 1. The van der Waals surface area contributed by atoms with E-state index in [1.807, 2.05) is 32.0 Å². The van der Waals surface area contributed by atoms with E-state index in [4.69, 9.17) is 9.47 Å². The van der Waals surface area contributed by atoms with Gasteiger partial charge >= 0.3 is 0 Å². The van der Waals surface area contributed by atoms with Crippen molar-refractivity contribution in [1.29, 1.82) is 0 Å². The van der Waals surface area contributed by atoms with Gasteiger partial charge in [-0.3, -0.25) is 4.79 Å². The number of ether oxygens (including phenoxy) is 2. The molecule has 0 saturated carbocycles. The van der Waals surface area contributed by atoms with Crippen molar-refractivity contribution in [3.05, 3.63) is 82.4 Å². The highest BCUT2D eigenvalue weighted by molar-refractivity contribution is 5.76. The summed E-state index contributed by atoms with van der Waals surface area (Å²) in [5.74, 6) is 1.38. The summed E-state index contributed by atoms with van der Waals surface area (Å²) < 4.78 is 11.7. The number of hydrogen-bond acceptors (Lipinski definition) is 5. The highest BCUT2D eigenvalue weighted by Gasteiger charge is 2.25. The van der Waals surface area contributed by atoms with E-state index in [-0.39, 0.29) is 6.61 Å². The molecular weight excluding hydrogens is 416 g/mol. The van der Waals surface area contributed by atoms with E-state index in [1.165, 1.54) is 0 Å². The standard InChI is InChI=1S/C28H32O5/c1-18-13-24(33-17-26(30)28(4,5)31)14-19(2)27(18)25-8-6-7-22(20(25)3)16-32-23-11-9-21(15-29)10-12-23/h6-15,26,30-31H,16-17H2,1-5H3/t26-/m1/s1. The van der Waals surface area contributed by atoms with Crippen LogP contribution in [0.25, 0.3) is 11.1 Å². The largest absolute Gasteiger partial charge is 0.491 e. The Morgan fingerprint density at radius 3 is 2.15 bits per heavy atom. The average molecular weight is 449 g/mol. The van der Waals surface area contributed by atoms with Crippen molar-refractivity contribution in [2.24, 2.45) is 0 Å². The lowest BCUT2D eigenvalue weighted by atomic mass is 9.90. The van der Waals surface area contributed by atoms with Crippen LogP contribution in [0.5, 0.6) is 11.5 Å². The fourth-order valence-electron chi connectivity index (χ4n) is 3.73. The topological polar surface area (TPSA) is 76.0 Å². The Hall–Kier alpha value is -3.15. The van der Waals surface area contributed by atoms with Gasteiger partial charge in [0.25, 0.3) is 0 Å². The molecule has 0 radical (unpaired) electrons. The normalized spacial score (nSPS) is 12.3. The first kappa shape index (κ1) is 24.5. The zero-order chi connectivity index (χ0) is 24.2. The van der Waals surface area contributed by atoms with E-state index in [2.05, 4.69) is 19.1 Å². The molecule has 0 spiro atoms. The molecule has 0 aromatic heterocycles. The fraction of sp³-hybridized carbons (Fsp3) is 0.321. The third-order valence-electron chi connectivity index (χ3n) is 5.86. The van der Waals surface area contributed by atoms with Gasteiger partial charge in [-0.1, -0.05) is 18.2 Å². The number of aldehydes is 1. The number of hydrogen-bond donors (Lipinski definition) is 2. The minimum atomic E-state index is -1.22. The second kappa shape index (κ2) is 10.2. The predicted octanol–water partition coefficient (Wildman–Crippen LogP) is 5.18. The van der Waals surface area contributed by atoms with E-state index in [0.29, 0.717) is 23.7 Å². The molecule has 174 valence electrons. The van der Waals surface area contributed by atoms with Crippen LogP contribution in [-0.4, -0.2) is 34.8 Å².